The molecule has 3 nitrogen and oxygen atoms in total. The lowest BCUT2D eigenvalue weighted by molar-refractivity contribution is 0.0329. The highest BCUT2D eigenvalue weighted by Crippen LogP contribution is 2.07. The van der Waals surface area contributed by atoms with Crippen LogP contribution in [0.2, 0.25) is 0 Å². The van der Waals surface area contributed by atoms with Crippen LogP contribution < -0.4 is 4.74 Å². The van der Waals surface area contributed by atoms with Gasteiger partial charge in [0, 0.05) is 12.4 Å². The van der Waals surface area contributed by atoms with E-state index in [1.807, 2.05) is 0 Å². The molecule has 1 aromatic rings. The van der Waals surface area contributed by atoms with Crippen LogP contribution in [0.4, 0.5) is 0 Å². The van der Waals surface area contributed by atoms with Gasteiger partial charge in [-0.3, -0.25) is 4.98 Å². The summed E-state index contributed by atoms with van der Waals surface area (Å²) in [6.07, 6.45) is 8.29. The molecule has 0 aliphatic heterocycles. The van der Waals surface area contributed by atoms with Gasteiger partial charge in [0.1, 0.15) is 5.75 Å². The zero-order chi connectivity index (χ0) is 8.10. The topological polar surface area (TPSA) is 42.4 Å². The zero-order valence-corrected chi connectivity index (χ0v) is 5.69. The van der Waals surface area contributed by atoms with Crippen molar-refractivity contribution in [1.82, 2.24) is 4.98 Å². The number of hydrogen-bond donors (Lipinski definition) is 1. The molecule has 0 saturated carbocycles. The zero-order valence-electron chi connectivity index (χ0n) is 5.69. The minimum atomic E-state index is -1.29. The van der Waals surface area contributed by atoms with Gasteiger partial charge in [-0.05, 0) is 24.5 Å². The van der Waals surface area contributed by atoms with Gasteiger partial charge in [0.05, 0.1) is 0 Å². The lowest BCUT2D eigenvalue weighted by atomic mass is 10.4. The highest BCUT2D eigenvalue weighted by molar-refractivity contribution is 5.17. The molecule has 0 aliphatic carbocycles. The number of nitrogens with zero attached hydrogens (tertiary/aromatic N) is 1. The Kier molecular flexibility index (Phi) is 2.47. The molecule has 0 aliphatic rings. The molecule has 1 N–H and O–H groups in total. The van der Waals surface area contributed by atoms with E-state index in [-0.39, 0.29) is 0 Å². The van der Waals surface area contributed by atoms with Crippen molar-refractivity contribution in [3.05, 3.63) is 30.9 Å². The third kappa shape index (κ3) is 2.28. The van der Waals surface area contributed by atoms with Gasteiger partial charge in [-0.2, -0.15) is 0 Å². The largest absolute Gasteiger partial charge is 0.453 e. The van der Waals surface area contributed by atoms with E-state index >= 15 is 0 Å². The number of rotatable bonds is 2. The Morgan fingerprint density at radius 2 is 2.18 bits per heavy atom. The van der Waals surface area contributed by atoms with Crippen molar-refractivity contribution in [3.63, 3.8) is 0 Å². The predicted octanol–water partition coefficient (Wildman–Crippen LogP) is 0.369. The smallest absolute Gasteiger partial charge is 0.263 e. The number of aliphatic hydroxyl groups excluding tert-OH is 1. The number of aromatic nitrogens is 1. The van der Waals surface area contributed by atoms with E-state index in [1.54, 1.807) is 18.1 Å². The Morgan fingerprint density at radius 1 is 1.55 bits per heavy atom. The van der Waals surface area contributed by atoms with Crippen molar-refractivity contribution in [3.8, 4) is 11.7 Å². The van der Waals surface area contributed by atoms with Gasteiger partial charge in [-0.15, -0.1) is 0 Å². The molecule has 0 fully saturated rings. The van der Waals surface area contributed by atoms with E-state index in [0.717, 1.165) is 0 Å². The maximum absolute atomic E-state index is 8.77. The lowest BCUT2D eigenvalue weighted by Gasteiger charge is -2.05. The van der Waals surface area contributed by atoms with Crippen molar-refractivity contribution >= 4 is 0 Å². The Balaban J connectivity index is 2.60. The first kappa shape index (κ1) is 7.58. The fraction of sp³-hybridized carbons (Fsp3) is 0.125. The first-order valence-corrected chi connectivity index (χ1v) is 3.00. The third-order valence-corrected chi connectivity index (χ3v) is 1.02. The van der Waals surface area contributed by atoms with Gasteiger partial charge in [0.2, 0.25) is 0 Å². The van der Waals surface area contributed by atoms with Gasteiger partial charge in [-0.25, -0.2) is 0 Å². The summed E-state index contributed by atoms with van der Waals surface area (Å²) in [5.74, 6) is 2.24. The van der Waals surface area contributed by atoms with Crippen LogP contribution in [0.25, 0.3) is 0 Å². The second kappa shape index (κ2) is 3.59. The van der Waals surface area contributed by atoms with Crippen LogP contribution in [0.3, 0.4) is 0 Å². The monoisotopic (exact) mass is 148 g/mol. The van der Waals surface area contributed by atoms with E-state index in [1.165, 1.54) is 12.4 Å². The summed E-state index contributed by atoms with van der Waals surface area (Å²) in [4.78, 5) is 3.75. The highest BCUT2D eigenvalue weighted by Gasteiger charge is 1.98. The minimum Gasteiger partial charge on any atom is -0.453 e. The molecule has 1 radical (unpaired) electrons. The van der Waals surface area contributed by atoms with Gasteiger partial charge in [0.15, 0.2) is 0 Å². The summed E-state index contributed by atoms with van der Waals surface area (Å²) in [5.41, 5.74) is 0. The van der Waals surface area contributed by atoms with Crippen LogP contribution >= 0.6 is 0 Å². The average Bonchev–Trinajstić information content (AvgIpc) is 2.06. The summed E-state index contributed by atoms with van der Waals surface area (Å²) in [5, 5.41) is 8.77. The van der Waals surface area contributed by atoms with Crippen LogP contribution in [0.15, 0.2) is 24.5 Å². The number of aliphatic hydroxyl groups is 1. The van der Waals surface area contributed by atoms with E-state index in [4.69, 9.17) is 16.3 Å². The highest BCUT2D eigenvalue weighted by atomic mass is 16.6. The Hall–Kier alpha value is -1.53. The molecule has 11 heavy (non-hydrogen) atoms. The Bertz CT molecular complexity index is 253. The van der Waals surface area contributed by atoms with Crippen LogP contribution in [-0.4, -0.2) is 16.4 Å². The molecule has 0 unspecified atom stereocenters. The molecule has 0 bridgehead atoms. The molecule has 55 valence electrons. The fourth-order valence-electron chi connectivity index (χ4n) is 0.575. The fourth-order valence-corrected chi connectivity index (χ4v) is 0.575. The predicted molar refractivity (Wildman–Crippen MR) is 38.0 cm³/mol. The normalized spacial score (nSPS) is 11.6. The molecule has 3 heteroatoms. The number of hydrogen-bond acceptors (Lipinski definition) is 3. The van der Waals surface area contributed by atoms with E-state index in [2.05, 4.69) is 4.98 Å². The van der Waals surface area contributed by atoms with Crippen LogP contribution in [0.5, 0.6) is 5.75 Å². The van der Waals surface area contributed by atoms with Gasteiger partial charge < -0.3 is 9.84 Å². The maximum Gasteiger partial charge on any atom is 0.263 e. The molecular formula is C8H6NO2. The summed E-state index contributed by atoms with van der Waals surface area (Å²) < 4.78 is 4.78. The summed E-state index contributed by atoms with van der Waals surface area (Å²) >= 11 is 0. The van der Waals surface area contributed by atoms with Gasteiger partial charge in [0.25, 0.3) is 6.29 Å². The van der Waals surface area contributed by atoms with Gasteiger partial charge in [-0.1, -0.05) is 0 Å². The van der Waals surface area contributed by atoms with E-state index in [0.29, 0.717) is 5.75 Å². The van der Waals surface area contributed by atoms with Crippen molar-refractivity contribution in [1.29, 1.82) is 0 Å². The maximum atomic E-state index is 8.77. The molecule has 1 aromatic heterocycles. The molecule has 1 heterocycles. The first-order valence-electron chi connectivity index (χ1n) is 3.00. The Morgan fingerprint density at radius 3 is 2.73 bits per heavy atom. The quantitative estimate of drug-likeness (QED) is 0.486. The number of pyridine rings is 1. The summed E-state index contributed by atoms with van der Waals surface area (Å²) in [6, 6.07) is 3.17. The average molecular weight is 148 g/mol. The van der Waals surface area contributed by atoms with E-state index in [9.17, 15) is 0 Å². The van der Waals surface area contributed by atoms with Crippen molar-refractivity contribution < 1.29 is 9.84 Å². The van der Waals surface area contributed by atoms with Crippen LogP contribution in [0.1, 0.15) is 0 Å². The van der Waals surface area contributed by atoms with Crippen molar-refractivity contribution in [2.75, 3.05) is 0 Å². The molecular weight excluding hydrogens is 142 g/mol. The Labute approximate surface area is 64.7 Å². The second-order valence-electron chi connectivity index (χ2n) is 1.80. The first-order chi connectivity index (χ1) is 5.33. The molecule has 1 rings (SSSR count). The molecule has 0 amide bonds. The lowest BCUT2D eigenvalue weighted by Crippen LogP contribution is -2.11. The van der Waals surface area contributed by atoms with Crippen molar-refractivity contribution in [2.24, 2.45) is 0 Å². The third-order valence-electron chi connectivity index (χ3n) is 1.02. The molecule has 1 atom stereocenters. The molecule has 0 aromatic carbocycles. The van der Waals surface area contributed by atoms with Crippen molar-refractivity contribution in [2.45, 2.75) is 6.29 Å². The van der Waals surface area contributed by atoms with Gasteiger partial charge >= 0.3 is 0 Å². The summed E-state index contributed by atoms with van der Waals surface area (Å²) in [7, 11) is 0. The summed E-state index contributed by atoms with van der Waals surface area (Å²) in [6.45, 7) is 0. The van der Waals surface area contributed by atoms with Crippen LogP contribution in [-0.2, 0) is 0 Å². The molecule has 0 spiro atoms. The SMILES string of the molecule is [C]#C[C@H](O)Oc1ccncc1. The minimum absolute atomic E-state index is 0.465. The standard InChI is InChI=1S/C8H6NO2/c1-2-8(10)11-7-3-5-9-6-4-7/h3-6,8,10H/t8-/m1/s1. The second-order valence-corrected chi connectivity index (χ2v) is 1.80. The van der Waals surface area contributed by atoms with Crippen LogP contribution in [0, 0.1) is 12.3 Å². The number of ether oxygens (including phenoxy) is 1. The van der Waals surface area contributed by atoms with E-state index < -0.39 is 6.29 Å². The molecule has 0 saturated heterocycles.